The second kappa shape index (κ2) is 6.08. The number of hydrogen-bond donors (Lipinski definition) is 1. The Morgan fingerprint density at radius 2 is 2.17 bits per heavy atom. The Morgan fingerprint density at radius 3 is 2.61 bits per heavy atom. The molecule has 0 saturated carbocycles. The molecule has 1 aromatic heterocycles. The Balaban J connectivity index is 0.00000162. The van der Waals surface area contributed by atoms with Gasteiger partial charge in [-0.3, -0.25) is 4.79 Å². The molecular formula is C12H19BrClN3O. The van der Waals surface area contributed by atoms with Crippen LogP contribution in [-0.4, -0.2) is 41.6 Å². The molecule has 1 aliphatic rings. The minimum atomic E-state index is 0. The quantitative estimate of drug-likeness (QED) is 0.919. The third-order valence-corrected chi connectivity index (χ3v) is 3.65. The summed E-state index contributed by atoms with van der Waals surface area (Å²) >= 11 is 3.43. The van der Waals surface area contributed by atoms with E-state index in [9.17, 15) is 4.79 Å². The van der Waals surface area contributed by atoms with Crippen LogP contribution in [-0.2, 0) is 0 Å². The molecule has 4 nitrogen and oxygen atoms in total. The van der Waals surface area contributed by atoms with Gasteiger partial charge in [-0.2, -0.15) is 0 Å². The maximum Gasteiger partial charge on any atom is 0.270 e. The lowest BCUT2D eigenvalue weighted by Crippen LogP contribution is -2.57. The van der Waals surface area contributed by atoms with Gasteiger partial charge in [0.1, 0.15) is 5.69 Å². The number of carbonyl (C=O) groups excluding carboxylic acids is 1. The van der Waals surface area contributed by atoms with Crippen LogP contribution in [0.5, 0.6) is 0 Å². The first-order valence-corrected chi connectivity index (χ1v) is 6.65. The maximum absolute atomic E-state index is 12.4. The fourth-order valence-corrected chi connectivity index (χ4v) is 2.38. The summed E-state index contributed by atoms with van der Waals surface area (Å²) in [5, 5.41) is 3.18. The summed E-state index contributed by atoms with van der Waals surface area (Å²) in [5.74, 6) is 0.0934. The van der Waals surface area contributed by atoms with Gasteiger partial charge in [0.2, 0.25) is 0 Å². The summed E-state index contributed by atoms with van der Waals surface area (Å²) in [5.41, 5.74) is 0.751. The number of carbonyl (C=O) groups is 1. The average molecular weight is 337 g/mol. The fraction of sp³-hybridized carbons (Fsp3) is 0.583. The molecule has 0 atom stereocenters. The van der Waals surface area contributed by atoms with Crippen molar-refractivity contribution in [1.82, 2.24) is 14.8 Å². The second-order valence-electron chi connectivity index (χ2n) is 4.77. The van der Waals surface area contributed by atoms with Gasteiger partial charge in [-0.05, 0) is 35.8 Å². The van der Waals surface area contributed by atoms with Crippen LogP contribution < -0.4 is 5.32 Å². The van der Waals surface area contributed by atoms with Crippen LogP contribution in [0.25, 0.3) is 0 Å². The summed E-state index contributed by atoms with van der Waals surface area (Å²) in [4.78, 5) is 14.2. The van der Waals surface area contributed by atoms with Gasteiger partial charge in [-0.1, -0.05) is 0 Å². The van der Waals surface area contributed by atoms with Gasteiger partial charge in [0.25, 0.3) is 5.91 Å². The van der Waals surface area contributed by atoms with Gasteiger partial charge in [0, 0.05) is 36.8 Å². The van der Waals surface area contributed by atoms with Gasteiger partial charge in [0.15, 0.2) is 0 Å². The average Bonchev–Trinajstić information content (AvgIpc) is 2.56. The van der Waals surface area contributed by atoms with E-state index in [-0.39, 0.29) is 24.4 Å². The van der Waals surface area contributed by atoms with Crippen molar-refractivity contribution in [3.8, 4) is 0 Å². The number of aromatic nitrogens is 1. The molecule has 1 aliphatic heterocycles. The predicted octanol–water partition coefficient (Wildman–Crippen LogP) is 2.30. The third kappa shape index (κ3) is 2.90. The summed E-state index contributed by atoms with van der Waals surface area (Å²) in [7, 11) is 1.87. The molecule has 0 unspecified atom stereocenters. The second-order valence-corrected chi connectivity index (χ2v) is 5.69. The highest BCUT2D eigenvalue weighted by atomic mass is 79.9. The maximum atomic E-state index is 12.4. The molecule has 1 amide bonds. The molecule has 0 spiro atoms. The zero-order valence-electron chi connectivity index (χ0n) is 10.8. The number of likely N-dealkylation sites (N-methyl/N-ethyl adjacent to an activating group) is 1. The Labute approximate surface area is 122 Å². The lowest BCUT2D eigenvalue weighted by Gasteiger charge is -2.35. The molecule has 0 aromatic carbocycles. The van der Waals surface area contributed by atoms with E-state index in [4.69, 9.17) is 0 Å². The monoisotopic (exact) mass is 335 g/mol. The van der Waals surface area contributed by atoms with Crippen molar-refractivity contribution in [2.24, 2.45) is 0 Å². The first-order chi connectivity index (χ1) is 8.00. The van der Waals surface area contributed by atoms with Crippen LogP contribution in [0.3, 0.4) is 0 Å². The van der Waals surface area contributed by atoms with E-state index in [2.05, 4.69) is 35.1 Å². The van der Waals surface area contributed by atoms with Crippen molar-refractivity contribution in [1.29, 1.82) is 0 Å². The first kappa shape index (κ1) is 15.5. The van der Waals surface area contributed by atoms with Crippen molar-refractivity contribution in [2.75, 3.05) is 20.1 Å². The molecule has 102 valence electrons. The molecule has 1 aromatic rings. The number of hydrogen-bond acceptors (Lipinski definition) is 2. The van der Waals surface area contributed by atoms with E-state index in [0.717, 1.165) is 23.3 Å². The topological polar surface area (TPSA) is 37.3 Å². The Morgan fingerprint density at radius 1 is 1.56 bits per heavy atom. The van der Waals surface area contributed by atoms with Crippen LogP contribution in [0.15, 0.2) is 16.7 Å². The van der Waals surface area contributed by atoms with E-state index < -0.39 is 0 Å². The molecular weight excluding hydrogens is 318 g/mol. The van der Waals surface area contributed by atoms with Crippen LogP contribution in [0.4, 0.5) is 0 Å². The standard InChI is InChI=1S/C12H18BrN3O.ClH/c1-8(2)16-7-9(13)4-11(16)12(17)15(3)10-5-14-6-10;/h4,7-8,10,14H,5-6H2,1-3H3;1H. The van der Waals surface area contributed by atoms with E-state index in [1.165, 1.54) is 0 Å². The third-order valence-electron chi connectivity index (χ3n) is 3.22. The van der Waals surface area contributed by atoms with Crippen molar-refractivity contribution in [3.05, 3.63) is 22.4 Å². The van der Waals surface area contributed by atoms with Crippen molar-refractivity contribution < 1.29 is 4.79 Å². The summed E-state index contributed by atoms with van der Waals surface area (Å²) in [6.45, 7) is 5.94. The van der Waals surface area contributed by atoms with Gasteiger partial charge < -0.3 is 14.8 Å². The lowest BCUT2D eigenvalue weighted by atomic mass is 10.1. The van der Waals surface area contributed by atoms with E-state index >= 15 is 0 Å². The summed E-state index contributed by atoms with van der Waals surface area (Å²) in [6, 6.07) is 2.51. The number of nitrogens with zero attached hydrogens (tertiary/aromatic N) is 2. The molecule has 2 heterocycles. The fourth-order valence-electron chi connectivity index (χ4n) is 1.94. The molecule has 0 radical (unpaired) electrons. The Bertz CT molecular complexity index is 429. The zero-order chi connectivity index (χ0) is 12.6. The number of halogens is 2. The van der Waals surface area contributed by atoms with E-state index in [0.29, 0.717) is 6.04 Å². The Kier molecular flexibility index (Phi) is 5.25. The molecule has 18 heavy (non-hydrogen) atoms. The van der Waals surface area contributed by atoms with Crippen molar-refractivity contribution in [3.63, 3.8) is 0 Å². The van der Waals surface area contributed by atoms with E-state index in [1.807, 2.05) is 28.8 Å². The van der Waals surface area contributed by atoms with Crippen molar-refractivity contribution >= 4 is 34.2 Å². The predicted molar refractivity (Wildman–Crippen MR) is 78.5 cm³/mol. The molecule has 1 saturated heterocycles. The van der Waals surface area contributed by atoms with Gasteiger partial charge >= 0.3 is 0 Å². The zero-order valence-corrected chi connectivity index (χ0v) is 13.2. The Hall–Kier alpha value is -0.520. The number of nitrogens with one attached hydrogen (secondary N) is 1. The molecule has 0 bridgehead atoms. The molecule has 1 fully saturated rings. The first-order valence-electron chi connectivity index (χ1n) is 5.86. The molecule has 0 aliphatic carbocycles. The highest BCUT2D eigenvalue weighted by Crippen LogP contribution is 2.21. The van der Waals surface area contributed by atoms with Crippen LogP contribution in [0, 0.1) is 0 Å². The van der Waals surface area contributed by atoms with Gasteiger partial charge in [-0.15, -0.1) is 12.4 Å². The molecule has 6 heteroatoms. The normalized spacial score (nSPS) is 15.2. The van der Waals surface area contributed by atoms with Gasteiger partial charge in [-0.25, -0.2) is 0 Å². The van der Waals surface area contributed by atoms with E-state index in [1.54, 1.807) is 0 Å². The molecule has 1 N–H and O–H groups in total. The van der Waals surface area contributed by atoms with Crippen LogP contribution in [0.1, 0.15) is 30.4 Å². The lowest BCUT2D eigenvalue weighted by molar-refractivity contribution is 0.0668. The van der Waals surface area contributed by atoms with Crippen LogP contribution in [0.2, 0.25) is 0 Å². The molecule has 2 rings (SSSR count). The van der Waals surface area contributed by atoms with Crippen molar-refractivity contribution in [2.45, 2.75) is 25.9 Å². The number of rotatable bonds is 3. The van der Waals surface area contributed by atoms with Crippen LogP contribution >= 0.6 is 28.3 Å². The smallest absolute Gasteiger partial charge is 0.270 e. The summed E-state index contributed by atoms with van der Waals surface area (Å²) < 4.78 is 2.96. The number of amides is 1. The highest BCUT2D eigenvalue weighted by molar-refractivity contribution is 9.10. The SMILES string of the molecule is CC(C)n1cc(Br)cc1C(=O)N(C)C1CNC1.Cl. The highest BCUT2D eigenvalue weighted by Gasteiger charge is 2.28. The minimum Gasteiger partial charge on any atom is -0.340 e. The van der Waals surface area contributed by atoms with Gasteiger partial charge in [0.05, 0.1) is 6.04 Å². The minimum absolute atomic E-state index is 0. The summed E-state index contributed by atoms with van der Waals surface area (Å²) in [6.07, 6.45) is 1.96. The largest absolute Gasteiger partial charge is 0.340 e.